The maximum Gasteiger partial charge on any atom is 0.293 e. The van der Waals surface area contributed by atoms with Crippen molar-refractivity contribution in [2.45, 2.75) is 0 Å². The molecule has 1 amide bonds. The summed E-state index contributed by atoms with van der Waals surface area (Å²) in [7, 11) is 0. The third-order valence-corrected chi connectivity index (χ3v) is 0.988. The molecule has 0 saturated heterocycles. The zero-order valence-corrected chi connectivity index (χ0v) is 6.11. The predicted molar refractivity (Wildman–Crippen MR) is 42.5 cm³/mol. The highest BCUT2D eigenvalue weighted by molar-refractivity contribution is 5.92. The van der Waals surface area contributed by atoms with E-state index in [0.717, 1.165) is 0 Å². The van der Waals surface area contributed by atoms with Gasteiger partial charge in [-0.1, -0.05) is 0 Å². The van der Waals surface area contributed by atoms with Crippen LogP contribution in [0.1, 0.15) is 5.69 Å². The first-order valence-electron chi connectivity index (χ1n) is 3.08. The Morgan fingerprint density at radius 3 is 2.92 bits per heavy atom. The summed E-state index contributed by atoms with van der Waals surface area (Å²) < 4.78 is 0. The Kier molecular flexibility index (Phi) is 2.23. The molecule has 0 saturated carbocycles. The van der Waals surface area contributed by atoms with Crippen LogP contribution in [-0.2, 0) is 4.79 Å². The number of hydrogen-bond acceptors (Lipinski definition) is 4. The van der Waals surface area contributed by atoms with Gasteiger partial charge >= 0.3 is 0 Å². The normalized spacial score (nSPS) is 8.33. The van der Waals surface area contributed by atoms with Gasteiger partial charge in [-0.3, -0.25) is 4.79 Å². The summed E-state index contributed by atoms with van der Waals surface area (Å²) in [6.45, 7) is 0. The smallest absolute Gasteiger partial charge is 0.293 e. The topological polar surface area (TPSA) is 94.9 Å². The minimum absolute atomic E-state index is 0.117. The number of rotatable bonds is 0. The van der Waals surface area contributed by atoms with E-state index in [1.807, 2.05) is 0 Å². The Balaban J connectivity index is 2.92. The van der Waals surface area contributed by atoms with Crippen LogP contribution in [0.5, 0.6) is 0 Å². The summed E-state index contributed by atoms with van der Waals surface area (Å²) in [6, 6.07) is 1.53. The molecule has 0 aliphatic carbocycles. The average molecular weight is 162 g/mol. The molecule has 12 heavy (non-hydrogen) atoms. The third kappa shape index (κ3) is 2.27. The molecule has 0 unspecified atom stereocenters. The first-order chi connectivity index (χ1) is 5.68. The monoisotopic (exact) mass is 162 g/mol. The van der Waals surface area contributed by atoms with Crippen molar-refractivity contribution in [3.05, 3.63) is 18.0 Å². The summed E-state index contributed by atoms with van der Waals surface area (Å²) in [5.41, 5.74) is 10.4. The van der Waals surface area contributed by atoms with Crippen molar-refractivity contribution in [3.8, 4) is 11.8 Å². The lowest BCUT2D eigenvalue weighted by Gasteiger charge is -1.89. The van der Waals surface area contributed by atoms with Crippen LogP contribution >= 0.6 is 0 Å². The van der Waals surface area contributed by atoms with E-state index in [1.54, 1.807) is 0 Å². The molecule has 0 aromatic carbocycles. The van der Waals surface area contributed by atoms with Crippen LogP contribution in [0, 0.1) is 11.8 Å². The van der Waals surface area contributed by atoms with E-state index in [-0.39, 0.29) is 5.95 Å². The molecule has 0 spiro atoms. The van der Waals surface area contributed by atoms with Crippen molar-refractivity contribution in [1.29, 1.82) is 0 Å². The standard InChI is InChI=1S/C7H6N4O/c8-6(12)2-1-5-3-4-10-7(9)11-5/h3-4H,(H2,8,12)(H2,9,10,11). The molecule has 1 aromatic heterocycles. The van der Waals surface area contributed by atoms with Crippen LogP contribution in [-0.4, -0.2) is 15.9 Å². The molecule has 1 aromatic rings. The minimum Gasteiger partial charge on any atom is -0.368 e. The Morgan fingerprint density at radius 2 is 2.33 bits per heavy atom. The van der Waals surface area contributed by atoms with Gasteiger partial charge in [0.25, 0.3) is 5.91 Å². The molecule has 0 fully saturated rings. The van der Waals surface area contributed by atoms with Gasteiger partial charge in [-0.05, 0) is 12.0 Å². The zero-order chi connectivity index (χ0) is 8.97. The van der Waals surface area contributed by atoms with Crippen molar-refractivity contribution in [1.82, 2.24) is 9.97 Å². The second-order valence-corrected chi connectivity index (χ2v) is 1.91. The number of nitrogens with zero attached hydrogens (tertiary/aromatic N) is 2. The fraction of sp³-hybridized carbons (Fsp3) is 0. The van der Waals surface area contributed by atoms with E-state index in [2.05, 4.69) is 21.8 Å². The average Bonchev–Trinajstić information content (AvgIpc) is 2.01. The summed E-state index contributed by atoms with van der Waals surface area (Å²) in [6.07, 6.45) is 1.45. The summed E-state index contributed by atoms with van der Waals surface area (Å²) >= 11 is 0. The molecule has 1 rings (SSSR count). The highest BCUT2D eigenvalue weighted by Crippen LogP contribution is 1.92. The van der Waals surface area contributed by atoms with Crippen molar-refractivity contribution >= 4 is 11.9 Å². The lowest BCUT2D eigenvalue weighted by atomic mass is 10.4. The molecule has 5 heteroatoms. The number of amides is 1. The second kappa shape index (κ2) is 3.34. The first-order valence-corrected chi connectivity index (χ1v) is 3.08. The molecule has 4 N–H and O–H groups in total. The van der Waals surface area contributed by atoms with E-state index < -0.39 is 5.91 Å². The van der Waals surface area contributed by atoms with Gasteiger partial charge in [0.15, 0.2) is 0 Å². The number of anilines is 1. The molecule has 0 radical (unpaired) electrons. The number of nitrogen functional groups attached to an aromatic ring is 1. The zero-order valence-electron chi connectivity index (χ0n) is 6.11. The molecule has 0 atom stereocenters. The van der Waals surface area contributed by atoms with E-state index in [9.17, 15) is 4.79 Å². The van der Waals surface area contributed by atoms with Gasteiger partial charge in [0.1, 0.15) is 5.69 Å². The molecular formula is C7H6N4O. The lowest BCUT2D eigenvalue weighted by Crippen LogP contribution is -2.06. The Hall–Kier alpha value is -2.09. The van der Waals surface area contributed by atoms with Gasteiger partial charge in [-0.15, -0.1) is 0 Å². The van der Waals surface area contributed by atoms with Gasteiger partial charge in [0.2, 0.25) is 5.95 Å². The molecule has 1 heterocycles. The highest BCUT2D eigenvalue weighted by atomic mass is 16.1. The molecule has 60 valence electrons. The fourth-order valence-electron chi connectivity index (χ4n) is 0.569. The molecule has 0 aliphatic heterocycles. The SMILES string of the molecule is NC(=O)C#Cc1ccnc(N)n1. The summed E-state index contributed by atoms with van der Waals surface area (Å²) in [4.78, 5) is 17.6. The van der Waals surface area contributed by atoms with Crippen LogP contribution in [0.15, 0.2) is 12.3 Å². The van der Waals surface area contributed by atoms with Crippen molar-refractivity contribution in [3.63, 3.8) is 0 Å². The largest absolute Gasteiger partial charge is 0.368 e. The van der Waals surface area contributed by atoms with Crippen LogP contribution in [0.2, 0.25) is 0 Å². The maximum absolute atomic E-state index is 10.2. The number of primary amides is 1. The predicted octanol–water partition coefficient (Wildman–Crippen LogP) is -1.10. The number of carbonyl (C=O) groups excluding carboxylic acids is 1. The van der Waals surface area contributed by atoms with E-state index >= 15 is 0 Å². The van der Waals surface area contributed by atoms with Crippen molar-refractivity contribution in [2.75, 3.05) is 5.73 Å². The Morgan fingerprint density at radius 1 is 1.58 bits per heavy atom. The van der Waals surface area contributed by atoms with Crippen LogP contribution in [0.4, 0.5) is 5.95 Å². The van der Waals surface area contributed by atoms with Crippen LogP contribution < -0.4 is 11.5 Å². The van der Waals surface area contributed by atoms with Gasteiger partial charge < -0.3 is 11.5 Å². The minimum atomic E-state index is -0.702. The first kappa shape index (κ1) is 8.01. The Bertz CT molecular complexity index is 363. The molecule has 0 bridgehead atoms. The summed E-state index contributed by atoms with van der Waals surface area (Å²) in [5, 5.41) is 0. The quantitative estimate of drug-likeness (QED) is 0.473. The second-order valence-electron chi connectivity index (χ2n) is 1.91. The van der Waals surface area contributed by atoms with Gasteiger partial charge in [-0.25, -0.2) is 9.97 Å². The molecular weight excluding hydrogens is 156 g/mol. The van der Waals surface area contributed by atoms with Gasteiger partial charge in [0.05, 0.1) is 0 Å². The van der Waals surface area contributed by atoms with Crippen molar-refractivity contribution in [2.24, 2.45) is 5.73 Å². The van der Waals surface area contributed by atoms with Crippen LogP contribution in [0.25, 0.3) is 0 Å². The van der Waals surface area contributed by atoms with Gasteiger partial charge in [-0.2, -0.15) is 0 Å². The fourth-order valence-corrected chi connectivity index (χ4v) is 0.569. The number of carbonyl (C=O) groups is 1. The van der Waals surface area contributed by atoms with Crippen molar-refractivity contribution < 1.29 is 4.79 Å². The number of hydrogen-bond donors (Lipinski definition) is 2. The third-order valence-electron chi connectivity index (χ3n) is 0.988. The molecule has 5 nitrogen and oxygen atoms in total. The highest BCUT2D eigenvalue weighted by Gasteiger charge is 1.90. The lowest BCUT2D eigenvalue weighted by molar-refractivity contribution is -0.112. The number of aromatic nitrogens is 2. The summed E-state index contributed by atoms with van der Waals surface area (Å²) in [5.74, 6) is 3.98. The maximum atomic E-state index is 10.2. The number of nitrogens with two attached hydrogens (primary N) is 2. The van der Waals surface area contributed by atoms with E-state index in [0.29, 0.717) is 5.69 Å². The van der Waals surface area contributed by atoms with E-state index in [4.69, 9.17) is 11.5 Å². The van der Waals surface area contributed by atoms with E-state index in [1.165, 1.54) is 12.3 Å². The van der Waals surface area contributed by atoms with Crippen LogP contribution in [0.3, 0.4) is 0 Å². The Labute approximate surface area is 68.8 Å². The molecule has 0 aliphatic rings. The van der Waals surface area contributed by atoms with Gasteiger partial charge in [0, 0.05) is 12.1 Å².